The molecule has 0 radical (unpaired) electrons. The molecular formula is C16H13BrN4O3. The highest BCUT2D eigenvalue weighted by Gasteiger charge is 2.15. The average Bonchev–Trinajstić information content (AvgIpc) is 2.94. The summed E-state index contributed by atoms with van der Waals surface area (Å²) in [6.45, 7) is 1.87. The molecule has 1 N–H and O–H groups in total. The highest BCUT2D eigenvalue weighted by molar-refractivity contribution is 9.10. The maximum Gasteiger partial charge on any atom is 0.273 e. The zero-order valence-electron chi connectivity index (χ0n) is 12.7. The summed E-state index contributed by atoms with van der Waals surface area (Å²) in [4.78, 5) is 27.1. The molecule has 3 aromatic rings. The molecule has 0 aliphatic heterocycles. The lowest BCUT2D eigenvalue weighted by Gasteiger charge is -2.04. The monoisotopic (exact) mass is 388 g/mol. The van der Waals surface area contributed by atoms with E-state index in [2.05, 4.69) is 26.2 Å². The van der Waals surface area contributed by atoms with Crippen LogP contribution in [0.1, 0.15) is 21.6 Å². The van der Waals surface area contributed by atoms with Crippen LogP contribution in [0.5, 0.6) is 0 Å². The Hall–Kier alpha value is -2.74. The molecule has 0 spiro atoms. The number of pyridine rings is 1. The predicted molar refractivity (Wildman–Crippen MR) is 91.9 cm³/mol. The number of nitrogens with zero attached hydrogens (tertiary/aromatic N) is 3. The summed E-state index contributed by atoms with van der Waals surface area (Å²) in [6.07, 6.45) is 3.69. The van der Waals surface area contributed by atoms with Crippen LogP contribution >= 0.6 is 15.9 Å². The molecule has 0 unspecified atom stereocenters. The first kappa shape index (κ1) is 16.1. The molecule has 8 heteroatoms. The fourth-order valence-corrected chi connectivity index (χ4v) is 2.68. The summed E-state index contributed by atoms with van der Waals surface area (Å²) < 4.78 is 2.78. The van der Waals surface area contributed by atoms with Crippen LogP contribution in [-0.2, 0) is 6.54 Å². The minimum atomic E-state index is -0.494. The van der Waals surface area contributed by atoms with Gasteiger partial charge in [-0.2, -0.15) is 0 Å². The molecule has 0 saturated heterocycles. The van der Waals surface area contributed by atoms with Crippen molar-refractivity contribution in [1.29, 1.82) is 0 Å². The third-order valence-corrected chi connectivity index (χ3v) is 4.03. The largest absolute Gasteiger partial charge is 0.346 e. The van der Waals surface area contributed by atoms with Gasteiger partial charge in [0.25, 0.3) is 11.6 Å². The number of nitro groups is 1. The number of aryl methyl sites for hydroxylation is 1. The van der Waals surface area contributed by atoms with Crippen molar-refractivity contribution in [3.63, 3.8) is 0 Å². The molecule has 0 fully saturated rings. The van der Waals surface area contributed by atoms with E-state index < -0.39 is 4.92 Å². The van der Waals surface area contributed by atoms with Crippen molar-refractivity contribution < 1.29 is 9.72 Å². The van der Waals surface area contributed by atoms with Crippen molar-refractivity contribution in [1.82, 2.24) is 14.7 Å². The van der Waals surface area contributed by atoms with Crippen molar-refractivity contribution in [2.75, 3.05) is 0 Å². The Morgan fingerprint density at radius 2 is 2.12 bits per heavy atom. The maximum absolute atomic E-state index is 12.2. The molecule has 1 amide bonds. The lowest BCUT2D eigenvalue weighted by atomic mass is 10.1. The number of rotatable bonds is 4. The van der Waals surface area contributed by atoms with Gasteiger partial charge in [-0.15, -0.1) is 0 Å². The van der Waals surface area contributed by atoms with E-state index in [1.165, 1.54) is 6.07 Å². The van der Waals surface area contributed by atoms with Gasteiger partial charge in [-0.25, -0.2) is 4.98 Å². The summed E-state index contributed by atoms with van der Waals surface area (Å²) in [5.74, 6) is -0.378. The number of nitro benzene ring substituents is 1. The number of halogens is 1. The number of nitrogens with one attached hydrogen (secondary N) is 1. The van der Waals surface area contributed by atoms with Crippen molar-refractivity contribution in [3.8, 4) is 0 Å². The van der Waals surface area contributed by atoms with Crippen LogP contribution in [0.15, 0.2) is 47.2 Å². The number of hydrogen-bond acceptors (Lipinski definition) is 4. The van der Waals surface area contributed by atoms with Crippen molar-refractivity contribution in [2.45, 2.75) is 13.5 Å². The molecule has 0 aliphatic carbocycles. The number of fused-ring (bicyclic) bond motifs is 1. The molecular weight excluding hydrogens is 376 g/mol. The fourth-order valence-electron chi connectivity index (χ4n) is 2.32. The van der Waals surface area contributed by atoms with Crippen molar-refractivity contribution in [2.24, 2.45) is 0 Å². The normalized spacial score (nSPS) is 10.8. The van der Waals surface area contributed by atoms with E-state index in [0.717, 1.165) is 10.1 Å². The quantitative estimate of drug-likeness (QED) is 0.548. The van der Waals surface area contributed by atoms with E-state index in [1.54, 1.807) is 19.1 Å². The van der Waals surface area contributed by atoms with Crippen LogP contribution in [0.25, 0.3) is 5.65 Å². The number of carbonyl (C=O) groups excluding carboxylic acids is 1. The van der Waals surface area contributed by atoms with E-state index >= 15 is 0 Å². The molecule has 0 atom stereocenters. The topological polar surface area (TPSA) is 89.5 Å². The minimum Gasteiger partial charge on any atom is -0.346 e. The minimum absolute atomic E-state index is 0.0692. The molecule has 3 rings (SSSR count). The molecule has 122 valence electrons. The third kappa shape index (κ3) is 3.28. The standard InChI is InChI=1S/C16H13BrN4O3/c1-10-2-3-11(6-14(10)21(23)24)16(22)18-7-13-9-20-8-12(17)4-5-15(20)19-13/h2-6,8-9H,7H2,1H3,(H,18,22). The first-order valence-electron chi connectivity index (χ1n) is 7.10. The molecule has 0 aliphatic rings. The molecule has 7 nitrogen and oxygen atoms in total. The second-order valence-corrected chi connectivity index (χ2v) is 6.20. The number of imidazole rings is 1. The Balaban J connectivity index is 1.74. The Morgan fingerprint density at radius 3 is 2.88 bits per heavy atom. The Morgan fingerprint density at radius 1 is 1.33 bits per heavy atom. The van der Waals surface area contributed by atoms with E-state index in [0.29, 0.717) is 11.3 Å². The second kappa shape index (κ2) is 6.40. The van der Waals surface area contributed by atoms with Gasteiger partial charge in [0.1, 0.15) is 5.65 Å². The van der Waals surface area contributed by atoms with Gasteiger partial charge in [0.05, 0.1) is 17.2 Å². The van der Waals surface area contributed by atoms with E-state index in [4.69, 9.17) is 0 Å². The zero-order chi connectivity index (χ0) is 17.3. The Labute approximate surface area is 145 Å². The van der Waals surface area contributed by atoms with Crippen molar-refractivity contribution in [3.05, 3.63) is 74.1 Å². The number of hydrogen-bond donors (Lipinski definition) is 1. The molecule has 2 heterocycles. The number of benzene rings is 1. The Bertz CT molecular complexity index is 952. The highest BCUT2D eigenvalue weighted by atomic mass is 79.9. The number of aromatic nitrogens is 2. The van der Waals surface area contributed by atoms with Crippen LogP contribution in [0.4, 0.5) is 5.69 Å². The van der Waals surface area contributed by atoms with Gasteiger partial charge < -0.3 is 9.72 Å². The first-order valence-corrected chi connectivity index (χ1v) is 7.90. The lowest BCUT2D eigenvalue weighted by Crippen LogP contribution is -2.23. The van der Waals surface area contributed by atoms with Gasteiger partial charge in [-0.1, -0.05) is 6.07 Å². The Kier molecular flexibility index (Phi) is 4.30. The smallest absolute Gasteiger partial charge is 0.273 e. The molecule has 24 heavy (non-hydrogen) atoms. The number of carbonyl (C=O) groups is 1. The van der Waals surface area contributed by atoms with Gasteiger partial charge in [0.2, 0.25) is 0 Å². The number of amides is 1. The zero-order valence-corrected chi connectivity index (χ0v) is 14.3. The van der Waals surface area contributed by atoms with Gasteiger partial charge in [0.15, 0.2) is 0 Å². The van der Waals surface area contributed by atoms with Gasteiger partial charge in [-0.3, -0.25) is 14.9 Å². The summed E-state index contributed by atoms with van der Waals surface area (Å²) in [6, 6.07) is 8.16. The maximum atomic E-state index is 12.2. The van der Waals surface area contributed by atoms with Gasteiger partial charge >= 0.3 is 0 Å². The highest BCUT2D eigenvalue weighted by Crippen LogP contribution is 2.19. The third-order valence-electron chi connectivity index (χ3n) is 3.56. The summed E-state index contributed by atoms with van der Waals surface area (Å²) in [5, 5.41) is 13.7. The van der Waals surface area contributed by atoms with Crippen LogP contribution in [-0.4, -0.2) is 20.2 Å². The first-order chi connectivity index (χ1) is 11.4. The van der Waals surface area contributed by atoms with Gasteiger partial charge in [-0.05, 0) is 41.1 Å². The molecule has 1 aromatic carbocycles. The fraction of sp³-hybridized carbons (Fsp3) is 0.125. The van der Waals surface area contributed by atoms with Crippen LogP contribution in [0.3, 0.4) is 0 Å². The molecule has 2 aromatic heterocycles. The molecule has 0 saturated carbocycles. The SMILES string of the molecule is Cc1ccc(C(=O)NCc2cn3cc(Br)ccc3n2)cc1[N+](=O)[O-]. The van der Waals surface area contributed by atoms with Crippen LogP contribution < -0.4 is 5.32 Å². The van der Waals surface area contributed by atoms with E-state index in [1.807, 2.05) is 28.9 Å². The average molecular weight is 389 g/mol. The van der Waals surface area contributed by atoms with E-state index in [9.17, 15) is 14.9 Å². The van der Waals surface area contributed by atoms with Gasteiger partial charge in [0, 0.05) is 34.1 Å². The summed E-state index contributed by atoms with van der Waals surface area (Å²) in [5.41, 5.74) is 2.16. The molecule has 0 bridgehead atoms. The van der Waals surface area contributed by atoms with Crippen LogP contribution in [0, 0.1) is 17.0 Å². The summed E-state index contributed by atoms with van der Waals surface area (Å²) in [7, 11) is 0. The second-order valence-electron chi connectivity index (χ2n) is 5.29. The van der Waals surface area contributed by atoms with Crippen LogP contribution in [0.2, 0.25) is 0 Å². The lowest BCUT2D eigenvalue weighted by molar-refractivity contribution is -0.385. The van der Waals surface area contributed by atoms with E-state index in [-0.39, 0.29) is 23.7 Å². The predicted octanol–water partition coefficient (Wildman–Crippen LogP) is 3.24. The van der Waals surface area contributed by atoms with Crippen molar-refractivity contribution >= 4 is 33.2 Å². The summed E-state index contributed by atoms with van der Waals surface area (Å²) >= 11 is 3.39.